The van der Waals surface area contributed by atoms with Gasteiger partial charge in [-0.3, -0.25) is 29.1 Å². The van der Waals surface area contributed by atoms with Crippen LogP contribution in [-0.2, 0) is 75.3 Å². The number of hydrogen-bond acceptors (Lipinski definition) is 17. The first kappa shape index (κ1) is 98.0. The van der Waals surface area contributed by atoms with Gasteiger partial charge in [-0.1, -0.05) is 253 Å². The van der Waals surface area contributed by atoms with Crippen molar-refractivity contribution in [2.45, 2.75) is 202 Å². The van der Waals surface area contributed by atoms with Crippen LogP contribution in [0.3, 0.4) is 0 Å². The van der Waals surface area contributed by atoms with Crippen molar-refractivity contribution >= 4 is 17.3 Å². The third-order valence-corrected chi connectivity index (χ3v) is 22.3. The molecule has 0 aliphatic heterocycles. The van der Waals surface area contributed by atoms with Gasteiger partial charge in [0.1, 0.15) is 97.8 Å². The molecule has 0 bridgehead atoms. The molecule has 0 fully saturated rings. The van der Waals surface area contributed by atoms with E-state index in [2.05, 4.69) is 171 Å². The number of nitrogens with zero attached hydrogens (tertiary/aromatic N) is 3. The summed E-state index contributed by atoms with van der Waals surface area (Å²) < 4.78 is 49.0. The summed E-state index contributed by atoms with van der Waals surface area (Å²) in [5.74, 6) is 10.7. The molecule has 0 aliphatic rings. The molecule has 0 saturated carbocycles. The summed E-state index contributed by atoms with van der Waals surface area (Å²) in [6.07, 6.45) is 1.65. The molecule has 3 atom stereocenters. The lowest BCUT2D eigenvalue weighted by atomic mass is 9.87. The Hall–Kier alpha value is -12.2. The molecule has 0 saturated heterocycles. The molecule has 12 rings (SSSR count). The van der Waals surface area contributed by atoms with Crippen molar-refractivity contribution in [3.8, 4) is 80.5 Å². The van der Waals surface area contributed by atoms with Crippen molar-refractivity contribution in [2.24, 2.45) is 17.2 Å². The lowest BCUT2D eigenvalue weighted by Crippen LogP contribution is -2.34. The molecular formula is C111H132N6O11. The number of hydrogen-bond donors (Lipinski definition) is 3. The number of ether oxygens (including phenoxy) is 8. The first-order valence-electron chi connectivity index (χ1n) is 44.2. The fourth-order valence-electron chi connectivity index (χ4n) is 14.3. The van der Waals surface area contributed by atoms with Crippen LogP contribution in [0.25, 0.3) is 0 Å². The molecule has 128 heavy (non-hydrogen) atoms. The van der Waals surface area contributed by atoms with Gasteiger partial charge >= 0.3 is 0 Å². The number of nitrogens with two attached hydrogens (primary N) is 3. The molecule has 6 N–H and O–H groups in total. The largest absolute Gasteiger partial charge is 0.497 e. The van der Waals surface area contributed by atoms with Gasteiger partial charge in [-0.15, -0.1) is 0 Å². The number of ketones is 3. The number of methoxy groups -OCH3 is 2. The van der Waals surface area contributed by atoms with Gasteiger partial charge in [0, 0.05) is 104 Å². The van der Waals surface area contributed by atoms with Gasteiger partial charge in [-0.25, -0.2) is 0 Å². The predicted molar refractivity (Wildman–Crippen MR) is 518 cm³/mol. The van der Waals surface area contributed by atoms with E-state index in [1.54, 1.807) is 28.1 Å². The number of carbonyl (C=O) groups is 3. The van der Waals surface area contributed by atoms with E-state index in [-0.39, 0.29) is 39.0 Å². The molecule has 0 heterocycles. The Bertz CT molecular complexity index is 5240. The number of rotatable bonds is 38. The van der Waals surface area contributed by atoms with E-state index in [9.17, 15) is 14.4 Å². The van der Waals surface area contributed by atoms with Gasteiger partial charge in [0.25, 0.3) is 0 Å². The Morgan fingerprint density at radius 3 is 0.672 bits per heavy atom. The van der Waals surface area contributed by atoms with Crippen LogP contribution in [0, 0.1) is 0 Å². The van der Waals surface area contributed by atoms with Crippen molar-refractivity contribution in [3.05, 3.63) is 347 Å². The molecule has 17 nitrogen and oxygen atoms in total. The molecule has 672 valence electrons. The molecule has 0 unspecified atom stereocenters. The second-order valence-corrected chi connectivity index (χ2v) is 36.9. The van der Waals surface area contributed by atoms with Crippen LogP contribution in [0.15, 0.2) is 291 Å². The number of Topliss-reactive ketones (excluding diaryl/α,β-unsaturated/α-hetero) is 3. The zero-order valence-corrected chi connectivity index (χ0v) is 78.0. The first-order chi connectivity index (χ1) is 61.0. The van der Waals surface area contributed by atoms with E-state index >= 15 is 0 Å². The van der Waals surface area contributed by atoms with Crippen LogP contribution in [0.2, 0.25) is 0 Å². The highest BCUT2D eigenvalue weighted by Crippen LogP contribution is 2.39. The van der Waals surface area contributed by atoms with Crippen molar-refractivity contribution in [2.75, 3.05) is 33.9 Å². The molecule has 12 aromatic rings. The topological polar surface area (TPSA) is 213 Å². The van der Waals surface area contributed by atoms with Crippen molar-refractivity contribution < 1.29 is 52.3 Å². The highest BCUT2D eigenvalue weighted by molar-refractivity contribution is 5.82. The van der Waals surface area contributed by atoms with E-state index in [4.69, 9.17) is 55.1 Å². The Labute approximate surface area is 760 Å². The summed E-state index contributed by atoms with van der Waals surface area (Å²) in [6, 6.07) is 95.1. The summed E-state index contributed by atoms with van der Waals surface area (Å²) >= 11 is 0. The summed E-state index contributed by atoms with van der Waals surface area (Å²) in [6.45, 7) is 36.6. The Balaban J connectivity index is 0.000000200. The van der Waals surface area contributed by atoms with Crippen LogP contribution in [-0.4, -0.2) is 84.0 Å². The molecule has 0 spiro atoms. The van der Waals surface area contributed by atoms with Gasteiger partial charge in [-0.2, -0.15) is 0 Å². The van der Waals surface area contributed by atoms with E-state index < -0.39 is 18.1 Å². The van der Waals surface area contributed by atoms with E-state index in [1.807, 2.05) is 218 Å². The monoisotopic (exact) mass is 1720 g/mol. The van der Waals surface area contributed by atoms with Crippen LogP contribution < -0.4 is 55.1 Å². The standard InChI is InChI=1S/2C39H48N2O3.C33H36N2O5/c1-28(42)35(40)22-23-41(26-29-14-8-10-20-36(29)43-33-18-12-16-31(24-33)38(2,3)4)27-30-15-9-11-21-37(30)44-34-19-13-17-32(25-34)39(5,6)7;1-28(42)35(40)24-25-41(26-29-12-8-10-14-36(29)43-33-20-16-31(17-21-33)38(2,3)4)27-30-13-9-11-15-37(30)44-34-22-18-32(19-23-34)39(5,6)7;1-24(36)31(34)18-19-35(22-25-10-4-6-16-32(25)39-29-14-8-12-27(20-29)37-2)23-26-11-5-7-17-33(26)40-30-15-9-13-28(21-30)38-3/h8-21,24-25,35H,22-23,26-27,40H2,1-7H3;8-23,35H,24-27,40H2,1-7H3;4-17,20-21,31H,18-19,22-23,34H2,1-3H3/t2*35-;31-/m000/s1. The summed E-state index contributed by atoms with van der Waals surface area (Å²) in [4.78, 5) is 42.7. The minimum atomic E-state index is -0.519. The van der Waals surface area contributed by atoms with Crippen LogP contribution in [0.1, 0.15) is 179 Å². The van der Waals surface area contributed by atoms with Crippen molar-refractivity contribution in [1.82, 2.24) is 14.7 Å². The molecule has 17 heteroatoms. The van der Waals surface area contributed by atoms with Crippen LogP contribution in [0.5, 0.6) is 80.5 Å². The van der Waals surface area contributed by atoms with E-state index in [1.165, 1.54) is 29.2 Å². The maximum absolute atomic E-state index is 12.0. The van der Waals surface area contributed by atoms with Gasteiger partial charge in [0.05, 0.1) is 32.3 Å². The average Bonchev–Trinajstić information content (AvgIpc) is 0.864. The van der Waals surface area contributed by atoms with Gasteiger partial charge in [0.15, 0.2) is 0 Å². The Morgan fingerprint density at radius 1 is 0.250 bits per heavy atom. The Morgan fingerprint density at radius 2 is 0.453 bits per heavy atom. The minimum absolute atomic E-state index is 0.00474. The minimum Gasteiger partial charge on any atom is -0.497 e. The fourth-order valence-corrected chi connectivity index (χ4v) is 14.3. The lowest BCUT2D eigenvalue weighted by Gasteiger charge is -2.26. The average molecular weight is 1730 g/mol. The highest BCUT2D eigenvalue weighted by Gasteiger charge is 2.25. The molecule has 0 aliphatic carbocycles. The third kappa shape index (κ3) is 30.8. The van der Waals surface area contributed by atoms with Gasteiger partial charge in [0.2, 0.25) is 0 Å². The molecule has 12 aromatic carbocycles. The van der Waals surface area contributed by atoms with Gasteiger partial charge in [-0.05, 0) is 193 Å². The van der Waals surface area contributed by atoms with Gasteiger partial charge < -0.3 is 55.1 Å². The SMILES string of the molecule is CC(=O)[C@@H](N)CCN(Cc1ccccc1Oc1ccc(C(C)(C)C)cc1)Cc1ccccc1Oc1ccc(C(C)(C)C)cc1.CC(=O)[C@@H](N)CCN(Cc1ccccc1Oc1cccc(C(C)(C)C)c1)Cc1ccccc1Oc1cccc(C(C)(C)C)c1.COc1cccc(Oc2ccccc2CN(CC[C@H](N)C(C)=O)Cc2ccccc2Oc2cccc(OC)c2)c1. The summed E-state index contributed by atoms with van der Waals surface area (Å²) in [7, 11) is 3.26. The second-order valence-electron chi connectivity index (χ2n) is 36.9. The lowest BCUT2D eigenvalue weighted by molar-refractivity contribution is -0.119. The quantitative estimate of drug-likeness (QED) is 0.0328. The van der Waals surface area contributed by atoms with Crippen LogP contribution in [0.4, 0.5) is 0 Å². The van der Waals surface area contributed by atoms with Crippen molar-refractivity contribution in [1.29, 1.82) is 0 Å². The molecular weight excluding hydrogens is 1590 g/mol. The molecule has 0 aromatic heterocycles. The number of para-hydroxylation sites is 6. The zero-order valence-electron chi connectivity index (χ0n) is 78.0. The highest BCUT2D eigenvalue weighted by atomic mass is 16.5. The number of carbonyl (C=O) groups excluding carboxylic acids is 3. The number of benzene rings is 12. The fraction of sp³-hybridized carbons (Fsp3) is 0.324. The zero-order chi connectivity index (χ0) is 92.1. The smallest absolute Gasteiger partial charge is 0.146 e. The third-order valence-electron chi connectivity index (χ3n) is 22.3. The maximum atomic E-state index is 12.0. The first-order valence-corrected chi connectivity index (χ1v) is 44.2. The normalized spacial score (nSPS) is 12.3. The Kier molecular flexibility index (Phi) is 35.6. The predicted octanol–water partition coefficient (Wildman–Crippen LogP) is 24.9. The molecule has 0 amide bonds. The van der Waals surface area contributed by atoms with Crippen LogP contribution >= 0.6 is 0 Å². The summed E-state index contributed by atoms with van der Waals surface area (Å²) in [5.41, 5.74) is 29.9. The second kappa shape index (κ2) is 46.5. The summed E-state index contributed by atoms with van der Waals surface area (Å²) in [5, 5.41) is 0. The maximum Gasteiger partial charge on any atom is 0.146 e. The van der Waals surface area contributed by atoms with Crippen molar-refractivity contribution in [3.63, 3.8) is 0 Å². The van der Waals surface area contributed by atoms with E-state index in [0.29, 0.717) is 89.7 Å². The van der Waals surface area contributed by atoms with E-state index in [0.717, 1.165) is 102 Å². The molecule has 0 radical (unpaired) electrons.